The fraction of sp³-hybridized carbons (Fsp3) is 0.556. The van der Waals surface area contributed by atoms with Crippen molar-refractivity contribution in [1.29, 1.82) is 0 Å². The van der Waals surface area contributed by atoms with Crippen LogP contribution >= 0.6 is 0 Å². The van der Waals surface area contributed by atoms with Crippen molar-refractivity contribution < 1.29 is 4.42 Å². The first-order valence-corrected chi connectivity index (χ1v) is 4.00. The lowest BCUT2D eigenvalue weighted by molar-refractivity contribution is 0.195. The molecule has 0 aromatic carbocycles. The lowest BCUT2D eigenvalue weighted by Gasteiger charge is -2.39. The summed E-state index contributed by atoms with van der Waals surface area (Å²) in [6, 6.07) is 2.05. The molecule has 1 fully saturated rings. The largest absolute Gasteiger partial charge is 0.472 e. The first kappa shape index (κ1) is 6.92. The van der Waals surface area contributed by atoms with Gasteiger partial charge in [-0.25, -0.2) is 0 Å². The molecule has 2 rings (SSSR count). The standard InChI is InChI=1S/C9H13NO/c1-9(6-10-7-9)4-8-2-3-11-5-8/h2-3,5,10H,4,6-7H2,1H3. The Hall–Kier alpha value is -0.760. The van der Waals surface area contributed by atoms with Crippen molar-refractivity contribution in [3.05, 3.63) is 24.2 Å². The fourth-order valence-electron chi connectivity index (χ4n) is 1.56. The van der Waals surface area contributed by atoms with E-state index in [2.05, 4.69) is 12.2 Å². The van der Waals surface area contributed by atoms with E-state index in [4.69, 9.17) is 4.42 Å². The SMILES string of the molecule is CC1(Cc2ccoc2)CNC1. The van der Waals surface area contributed by atoms with Crippen LogP contribution < -0.4 is 5.32 Å². The van der Waals surface area contributed by atoms with E-state index in [-0.39, 0.29) is 0 Å². The highest BCUT2D eigenvalue weighted by Crippen LogP contribution is 2.26. The van der Waals surface area contributed by atoms with Crippen molar-refractivity contribution in [2.75, 3.05) is 13.1 Å². The molecule has 0 aliphatic carbocycles. The fourth-order valence-corrected chi connectivity index (χ4v) is 1.56. The third-order valence-electron chi connectivity index (χ3n) is 2.31. The summed E-state index contributed by atoms with van der Waals surface area (Å²) in [5, 5.41) is 3.28. The zero-order valence-corrected chi connectivity index (χ0v) is 6.76. The van der Waals surface area contributed by atoms with Crippen LogP contribution in [0.4, 0.5) is 0 Å². The Balaban J connectivity index is 2.00. The maximum atomic E-state index is 5.01. The molecular formula is C9H13NO. The van der Waals surface area contributed by atoms with Gasteiger partial charge in [0.15, 0.2) is 0 Å². The van der Waals surface area contributed by atoms with Crippen molar-refractivity contribution in [3.63, 3.8) is 0 Å². The highest BCUT2D eigenvalue weighted by atomic mass is 16.3. The Morgan fingerprint density at radius 2 is 2.45 bits per heavy atom. The zero-order valence-electron chi connectivity index (χ0n) is 6.76. The molecule has 0 saturated carbocycles. The van der Waals surface area contributed by atoms with Crippen molar-refractivity contribution in [2.24, 2.45) is 5.41 Å². The van der Waals surface area contributed by atoms with Crippen LogP contribution in [0.15, 0.2) is 23.0 Å². The molecule has 1 aliphatic heterocycles. The third kappa shape index (κ3) is 1.31. The van der Waals surface area contributed by atoms with Gasteiger partial charge < -0.3 is 9.73 Å². The Labute approximate surface area is 66.6 Å². The van der Waals surface area contributed by atoms with Gasteiger partial charge in [0.05, 0.1) is 12.5 Å². The lowest BCUT2D eigenvalue weighted by Crippen LogP contribution is -2.52. The quantitative estimate of drug-likeness (QED) is 0.691. The van der Waals surface area contributed by atoms with E-state index >= 15 is 0 Å². The van der Waals surface area contributed by atoms with Gasteiger partial charge in [-0.2, -0.15) is 0 Å². The number of hydrogen-bond acceptors (Lipinski definition) is 2. The molecule has 1 N–H and O–H groups in total. The smallest absolute Gasteiger partial charge is 0.0934 e. The predicted molar refractivity (Wildman–Crippen MR) is 43.4 cm³/mol. The monoisotopic (exact) mass is 151 g/mol. The van der Waals surface area contributed by atoms with Crippen LogP contribution in [-0.4, -0.2) is 13.1 Å². The van der Waals surface area contributed by atoms with Crippen LogP contribution in [0.1, 0.15) is 12.5 Å². The van der Waals surface area contributed by atoms with Crippen LogP contribution in [-0.2, 0) is 6.42 Å². The number of hydrogen-bond donors (Lipinski definition) is 1. The van der Waals surface area contributed by atoms with Gasteiger partial charge >= 0.3 is 0 Å². The van der Waals surface area contributed by atoms with E-state index in [1.807, 2.05) is 12.3 Å². The van der Waals surface area contributed by atoms with Crippen LogP contribution in [0, 0.1) is 5.41 Å². The Kier molecular flexibility index (Phi) is 1.50. The van der Waals surface area contributed by atoms with E-state index in [1.54, 1.807) is 6.26 Å². The second-order valence-corrected chi connectivity index (χ2v) is 3.72. The van der Waals surface area contributed by atoms with Crippen molar-refractivity contribution >= 4 is 0 Å². The van der Waals surface area contributed by atoms with Gasteiger partial charge in [-0.05, 0) is 23.5 Å². The average Bonchev–Trinajstić information content (AvgIpc) is 2.36. The second kappa shape index (κ2) is 2.38. The van der Waals surface area contributed by atoms with Gasteiger partial charge in [0, 0.05) is 13.1 Å². The lowest BCUT2D eigenvalue weighted by atomic mass is 9.79. The van der Waals surface area contributed by atoms with Gasteiger partial charge in [0.25, 0.3) is 0 Å². The highest BCUT2D eigenvalue weighted by Gasteiger charge is 2.31. The number of rotatable bonds is 2. The predicted octanol–water partition coefficient (Wildman–Crippen LogP) is 1.43. The molecule has 1 aliphatic rings. The molecule has 0 spiro atoms. The second-order valence-electron chi connectivity index (χ2n) is 3.72. The summed E-state index contributed by atoms with van der Waals surface area (Å²) in [6.07, 6.45) is 4.71. The molecular weight excluding hydrogens is 138 g/mol. The van der Waals surface area contributed by atoms with Crippen LogP contribution in [0.2, 0.25) is 0 Å². The molecule has 0 radical (unpaired) electrons. The maximum Gasteiger partial charge on any atom is 0.0934 e. The summed E-state index contributed by atoms with van der Waals surface area (Å²) >= 11 is 0. The first-order chi connectivity index (χ1) is 5.29. The molecule has 0 unspecified atom stereocenters. The summed E-state index contributed by atoms with van der Waals surface area (Å²) in [6.45, 7) is 4.58. The summed E-state index contributed by atoms with van der Waals surface area (Å²) in [5.74, 6) is 0. The summed E-state index contributed by atoms with van der Waals surface area (Å²) in [5.41, 5.74) is 1.79. The van der Waals surface area contributed by atoms with Crippen molar-refractivity contribution in [3.8, 4) is 0 Å². The van der Waals surface area contributed by atoms with E-state index in [0.717, 1.165) is 19.5 Å². The Morgan fingerprint density at radius 1 is 1.64 bits per heavy atom. The van der Waals surface area contributed by atoms with Gasteiger partial charge in [0.1, 0.15) is 0 Å². The molecule has 1 saturated heterocycles. The van der Waals surface area contributed by atoms with Gasteiger partial charge in [-0.3, -0.25) is 0 Å². The molecule has 0 atom stereocenters. The Bertz CT molecular complexity index is 224. The molecule has 0 amide bonds. The van der Waals surface area contributed by atoms with Gasteiger partial charge in [0.2, 0.25) is 0 Å². The molecule has 2 heterocycles. The molecule has 11 heavy (non-hydrogen) atoms. The zero-order chi connectivity index (χ0) is 7.73. The minimum absolute atomic E-state index is 0.476. The molecule has 1 aromatic rings. The average molecular weight is 151 g/mol. The molecule has 1 aromatic heterocycles. The van der Waals surface area contributed by atoms with Gasteiger partial charge in [-0.15, -0.1) is 0 Å². The normalized spacial score (nSPS) is 21.2. The van der Waals surface area contributed by atoms with Crippen LogP contribution in [0.3, 0.4) is 0 Å². The van der Waals surface area contributed by atoms with Crippen LogP contribution in [0.5, 0.6) is 0 Å². The van der Waals surface area contributed by atoms with Crippen molar-refractivity contribution in [1.82, 2.24) is 5.32 Å². The molecule has 0 bridgehead atoms. The van der Waals surface area contributed by atoms with Gasteiger partial charge in [-0.1, -0.05) is 6.92 Å². The maximum absolute atomic E-state index is 5.01. The Morgan fingerprint density at radius 3 is 2.91 bits per heavy atom. The summed E-state index contributed by atoms with van der Waals surface area (Å²) in [4.78, 5) is 0. The minimum Gasteiger partial charge on any atom is -0.472 e. The third-order valence-corrected chi connectivity index (χ3v) is 2.31. The number of furan rings is 1. The van der Waals surface area contributed by atoms with E-state index < -0.39 is 0 Å². The van der Waals surface area contributed by atoms with Crippen molar-refractivity contribution in [2.45, 2.75) is 13.3 Å². The van der Waals surface area contributed by atoms with E-state index in [1.165, 1.54) is 5.56 Å². The minimum atomic E-state index is 0.476. The summed E-state index contributed by atoms with van der Waals surface area (Å²) in [7, 11) is 0. The number of nitrogens with one attached hydrogen (secondary N) is 1. The topological polar surface area (TPSA) is 25.2 Å². The first-order valence-electron chi connectivity index (χ1n) is 4.00. The summed E-state index contributed by atoms with van der Waals surface area (Å²) < 4.78 is 5.01. The molecule has 60 valence electrons. The van der Waals surface area contributed by atoms with E-state index in [9.17, 15) is 0 Å². The van der Waals surface area contributed by atoms with Crippen LogP contribution in [0.25, 0.3) is 0 Å². The molecule has 2 heteroatoms. The van der Waals surface area contributed by atoms with E-state index in [0.29, 0.717) is 5.41 Å². The molecule has 2 nitrogen and oxygen atoms in total. The highest BCUT2D eigenvalue weighted by molar-refractivity contribution is 5.10.